The molecule has 0 spiro atoms. The molecule has 0 bridgehead atoms. The first-order valence-electron chi connectivity index (χ1n) is 5.66. The second-order valence-electron chi connectivity index (χ2n) is 4.36. The first kappa shape index (κ1) is 16.9. The maximum absolute atomic E-state index is 12.6. The van der Waals surface area contributed by atoms with Gasteiger partial charge < -0.3 is 4.74 Å². The molecule has 1 aromatic rings. The van der Waals surface area contributed by atoms with E-state index >= 15 is 0 Å². The van der Waals surface area contributed by atoms with Crippen LogP contribution < -0.4 is 0 Å². The summed E-state index contributed by atoms with van der Waals surface area (Å²) in [6.07, 6.45) is -2.61. The Hall–Kier alpha value is -1.15. The van der Waals surface area contributed by atoms with Crippen molar-refractivity contribution >= 4 is 17.4 Å². The molecule has 0 unspecified atom stereocenters. The number of ether oxygens (including phenoxy) is 1. The Labute approximate surface area is 117 Å². The molecule has 0 amide bonds. The van der Waals surface area contributed by atoms with Crippen LogP contribution in [0.25, 0.3) is 0 Å². The van der Waals surface area contributed by atoms with Crippen molar-refractivity contribution < 1.29 is 27.1 Å². The molecule has 0 fully saturated rings. The van der Waals surface area contributed by atoms with E-state index in [4.69, 9.17) is 11.6 Å². The predicted octanol–water partition coefficient (Wildman–Crippen LogP) is 3.22. The molecule has 20 heavy (non-hydrogen) atoms. The molecule has 4 nitrogen and oxygen atoms in total. The maximum Gasteiger partial charge on any atom is 0.330 e. The highest BCUT2D eigenvalue weighted by Crippen LogP contribution is 2.23. The number of carbonyl (C=O) groups is 1. The van der Waals surface area contributed by atoms with Crippen LogP contribution in [-0.2, 0) is 4.74 Å². The zero-order chi connectivity index (χ0) is 15.5. The minimum Gasteiger partial charge on any atom is -0.367 e. The number of ketones is 1. The van der Waals surface area contributed by atoms with Crippen molar-refractivity contribution in [3.05, 3.63) is 16.9 Å². The molecule has 1 aromatic heterocycles. The van der Waals surface area contributed by atoms with Crippen LogP contribution in [0.4, 0.5) is 17.6 Å². The van der Waals surface area contributed by atoms with Gasteiger partial charge in [-0.05, 0) is 13.8 Å². The zero-order valence-corrected chi connectivity index (χ0v) is 11.5. The van der Waals surface area contributed by atoms with E-state index in [1.807, 2.05) is 0 Å². The third-order valence-electron chi connectivity index (χ3n) is 2.35. The van der Waals surface area contributed by atoms with Gasteiger partial charge in [0.25, 0.3) is 0 Å². The monoisotopic (exact) mass is 316 g/mol. The molecule has 0 aliphatic carbocycles. The molecule has 1 heterocycles. The van der Waals surface area contributed by atoms with Gasteiger partial charge >= 0.3 is 12.3 Å². The van der Waals surface area contributed by atoms with E-state index in [9.17, 15) is 22.4 Å². The van der Waals surface area contributed by atoms with Gasteiger partial charge in [-0.3, -0.25) is 9.48 Å². The quantitative estimate of drug-likeness (QED) is 0.573. The normalized spacial score (nSPS) is 12.4. The molecule has 0 aliphatic rings. The van der Waals surface area contributed by atoms with Gasteiger partial charge in [0.05, 0.1) is 11.2 Å². The molecule has 114 valence electrons. The summed E-state index contributed by atoms with van der Waals surface area (Å²) in [7, 11) is 0. The number of carbonyl (C=O) groups excluding carboxylic acids is 1. The van der Waals surface area contributed by atoms with E-state index in [0.717, 1.165) is 0 Å². The van der Waals surface area contributed by atoms with Gasteiger partial charge in [0.1, 0.15) is 18.9 Å². The Morgan fingerprint density at radius 2 is 2.10 bits per heavy atom. The van der Waals surface area contributed by atoms with E-state index in [2.05, 4.69) is 9.84 Å². The minimum absolute atomic E-state index is 0.00188. The third-order valence-corrected chi connectivity index (χ3v) is 2.63. The Kier molecular flexibility index (Phi) is 5.52. The van der Waals surface area contributed by atoms with E-state index < -0.39 is 31.3 Å². The van der Waals surface area contributed by atoms with Crippen LogP contribution in [0.5, 0.6) is 0 Å². The van der Waals surface area contributed by atoms with Crippen molar-refractivity contribution in [2.75, 3.05) is 13.2 Å². The van der Waals surface area contributed by atoms with Crippen LogP contribution in [0, 0.1) is 0 Å². The summed E-state index contributed by atoms with van der Waals surface area (Å²) in [5.41, 5.74) is 0.00188. The third kappa shape index (κ3) is 3.92. The fourth-order valence-electron chi connectivity index (χ4n) is 1.40. The van der Waals surface area contributed by atoms with Gasteiger partial charge in [0.2, 0.25) is 5.78 Å². The highest BCUT2D eigenvalue weighted by Gasteiger charge is 2.41. The number of alkyl halides is 4. The van der Waals surface area contributed by atoms with Gasteiger partial charge in [-0.25, -0.2) is 8.78 Å². The number of rotatable bonds is 7. The molecule has 9 heteroatoms. The number of aromatic nitrogens is 2. The molecule has 0 saturated carbocycles. The molecule has 0 radical (unpaired) electrons. The largest absolute Gasteiger partial charge is 0.367 e. The smallest absolute Gasteiger partial charge is 0.330 e. The average molecular weight is 317 g/mol. The van der Waals surface area contributed by atoms with Gasteiger partial charge in [-0.2, -0.15) is 13.9 Å². The van der Waals surface area contributed by atoms with E-state index in [1.165, 1.54) is 10.9 Å². The fraction of sp³-hybridized carbons (Fsp3) is 0.636. The predicted molar refractivity (Wildman–Crippen MR) is 63.7 cm³/mol. The summed E-state index contributed by atoms with van der Waals surface area (Å²) in [4.78, 5) is 11.8. The zero-order valence-electron chi connectivity index (χ0n) is 10.7. The summed E-state index contributed by atoms with van der Waals surface area (Å²) in [5, 5.41) is 3.91. The van der Waals surface area contributed by atoms with Crippen molar-refractivity contribution in [3.8, 4) is 0 Å². The van der Waals surface area contributed by atoms with Crippen LogP contribution in [0.3, 0.4) is 0 Å². The van der Waals surface area contributed by atoms with Crippen LogP contribution in [-0.4, -0.2) is 41.1 Å². The van der Waals surface area contributed by atoms with Crippen molar-refractivity contribution in [2.45, 2.75) is 32.2 Å². The van der Waals surface area contributed by atoms with Crippen LogP contribution in [0.15, 0.2) is 6.20 Å². The Bertz CT molecular complexity index is 477. The van der Waals surface area contributed by atoms with E-state index in [0.29, 0.717) is 0 Å². The summed E-state index contributed by atoms with van der Waals surface area (Å²) < 4.78 is 54.6. The second kappa shape index (κ2) is 6.53. The van der Waals surface area contributed by atoms with Gasteiger partial charge in [-0.1, -0.05) is 11.6 Å². The Morgan fingerprint density at radius 1 is 1.50 bits per heavy atom. The number of nitrogens with zero attached hydrogens (tertiary/aromatic N) is 2. The summed E-state index contributed by atoms with van der Waals surface area (Å²) in [5.74, 6) is -4.99. The molecule has 0 aliphatic heterocycles. The Balaban J connectivity index is 2.67. The van der Waals surface area contributed by atoms with Gasteiger partial charge in [0, 0.05) is 6.04 Å². The number of hydrogen-bond acceptors (Lipinski definition) is 3. The highest BCUT2D eigenvalue weighted by atomic mass is 35.5. The topological polar surface area (TPSA) is 44.1 Å². The van der Waals surface area contributed by atoms with Crippen molar-refractivity contribution in [1.29, 1.82) is 0 Å². The second-order valence-corrected chi connectivity index (χ2v) is 4.76. The summed E-state index contributed by atoms with van der Waals surface area (Å²) >= 11 is 5.78. The fourth-order valence-corrected chi connectivity index (χ4v) is 1.64. The molecular formula is C11H13ClF4N2O2. The first-order valence-corrected chi connectivity index (χ1v) is 6.04. The SMILES string of the molecule is CC(C)n1ncc(Cl)c1C(=O)COCC(F)(F)C(F)F. The van der Waals surface area contributed by atoms with Crippen LogP contribution >= 0.6 is 11.6 Å². The molecule has 0 N–H and O–H groups in total. The average Bonchev–Trinajstić information content (AvgIpc) is 2.70. The number of Topliss-reactive ketones (excluding diaryl/α,β-unsaturated/α-hetero) is 1. The van der Waals surface area contributed by atoms with Crippen LogP contribution in [0.1, 0.15) is 30.4 Å². The summed E-state index contributed by atoms with van der Waals surface area (Å²) in [6, 6.07) is -0.177. The highest BCUT2D eigenvalue weighted by molar-refractivity contribution is 6.33. The first-order chi connectivity index (χ1) is 9.16. The maximum atomic E-state index is 12.6. The molecular weight excluding hydrogens is 304 g/mol. The number of hydrogen-bond donors (Lipinski definition) is 0. The minimum atomic E-state index is -4.29. The van der Waals surface area contributed by atoms with Crippen molar-refractivity contribution in [3.63, 3.8) is 0 Å². The van der Waals surface area contributed by atoms with Crippen LogP contribution in [0.2, 0.25) is 5.02 Å². The lowest BCUT2D eigenvalue weighted by atomic mass is 10.2. The molecule has 0 aromatic carbocycles. The van der Waals surface area contributed by atoms with Crippen molar-refractivity contribution in [2.24, 2.45) is 0 Å². The molecule has 1 rings (SSSR count). The number of halogens is 5. The standard InChI is InChI=1S/C11H13ClF4N2O2/c1-6(2)18-9(7(12)3-17-18)8(19)4-20-5-11(15,16)10(13)14/h3,6,10H,4-5H2,1-2H3. The van der Waals surface area contributed by atoms with Crippen molar-refractivity contribution in [1.82, 2.24) is 9.78 Å². The Morgan fingerprint density at radius 3 is 2.60 bits per heavy atom. The molecule has 0 atom stereocenters. The van der Waals surface area contributed by atoms with Gasteiger partial charge in [-0.15, -0.1) is 0 Å². The lowest BCUT2D eigenvalue weighted by Crippen LogP contribution is -2.33. The van der Waals surface area contributed by atoms with E-state index in [-0.39, 0.29) is 16.8 Å². The lowest BCUT2D eigenvalue weighted by molar-refractivity contribution is -0.163. The lowest BCUT2D eigenvalue weighted by Gasteiger charge is -2.15. The summed E-state index contributed by atoms with van der Waals surface area (Å²) in [6.45, 7) is 1.17. The molecule has 0 saturated heterocycles. The van der Waals surface area contributed by atoms with E-state index in [1.54, 1.807) is 13.8 Å². The van der Waals surface area contributed by atoms with Gasteiger partial charge in [0.15, 0.2) is 0 Å².